The lowest BCUT2D eigenvalue weighted by molar-refractivity contribution is 0.0992. The van der Waals surface area contributed by atoms with Gasteiger partial charge in [0.1, 0.15) is 0 Å². The van der Waals surface area contributed by atoms with Crippen LogP contribution in [0, 0.1) is 13.8 Å². The third kappa shape index (κ3) is 3.30. The summed E-state index contributed by atoms with van der Waals surface area (Å²) in [5.41, 5.74) is 3.83. The summed E-state index contributed by atoms with van der Waals surface area (Å²) in [4.78, 5) is 14.3. The van der Waals surface area contributed by atoms with Gasteiger partial charge >= 0.3 is 0 Å². The van der Waals surface area contributed by atoms with Crippen molar-refractivity contribution >= 4 is 43.5 Å². The number of amides is 1. The average molecular weight is 397 g/mol. The summed E-state index contributed by atoms with van der Waals surface area (Å²) in [5.74, 6) is -0.0387. The molecule has 0 atom stereocenters. The Hall–Kier alpha value is -1.13. The van der Waals surface area contributed by atoms with Crippen molar-refractivity contribution in [3.8, 4) is 0 Å². The second kappa shape index (κ2) is 6.10. The van der Waals surface area contributed by atoms with Crippen LogP contribution in [0.25, 0.3) is 0 Å². The molecule has 0 saturated heterocycles. The van der Waals surface area contributed by atoms with Crippen molar-refractivity contribution < 1.29 is 4.79 Å². The van der Waals surface area contributed by atoms with Gasteiger partial charge in [0, 0.05) is 21.7 Å². The van der Waals surface area contributed by atoms with Crippen LogP contribution in [0.3, 0.4) is 0 Å². The van der Waals surface area contributed by atoms with Crippen molar-refractivity contribution in [3.63, 3.8) is 0 Å². The third-order valence-electron chi connectivity index (χ3n) is 3.06. The molecule has 104 valence electrons. The molecule has 0 aliphatic heterocycles. The first-order valence-corrected chi connectivity index (χ1v) is 7.78. The minimum absolute atomic E-state index is 0.0387. The monoisotopic (exact) mass is 395 g/mol. The van der Waals surface area contributed by atoms with Gasteiger partial charge in [-0.15, -0.1) is 0 Å². The van der Waals surface area contributed by atoms with Gasteiger partial charge in [0.25, 0.3) is 5.91 Å². The second-order valence-electron chi connectivity index (χ2n) is 4.83. The molecule has 20 heavy (non-hydrogen) atoms. The molecule has 0 spiro atoms. The van der Waals surface area contributed by atoms with Crippen LogP contribution in [0.5, 0.6) is 0 Å². The molecular formula is C16H15Br2NO. The number of benzene rings is 2. The highest BCUT2D eigenvalue weighted by molar-refractivity contribution is 9.11. The van der Waals surface area contributed by atoms with E-state index in [1.807, 2.05) is 44.2 Å². The van der Waals surface area contributed by atoms with Gasteiger partial charge in [0.2, 0.25) is 0 Å². The summed E-state index contributed by atoms with van der Waals surface area (Å²) in [6.07, 6.45) is 0. The molecule has 0 aliphatic rings. The largest absolute Gasteiger partial charge is 0.311 e. The number of rotatable bonds is 2. The highest BCUT2D eigenvalue weighted by Gasteiger charge is 2.17. The molecular weight excluding hydrogens is 382 g/mol. The smallest absolute Gasteiger partial charge is 0.259 e. The van der Waals surface area contributed by atoms with Gasteiger partial charge in [-0.3, -0.25) is 4.79 Å². The number of anilines is 1. The van der Waals surface area contributed by atoms with Gasteiger partial charge in [-0.1, -0.05) is 22.0 Å². The predicted octanol–water partition coefficient (Wildman–Crippen LogP) is 5.11. The zero-order valence-electron chi connectivity index (χ0n) is 11.6. The molecule has 0 radical (unpaired) electrons. The SMILES string of the molecule is Cc1cc(C)cc(N(C)C(=O)c2cc(Br)ccc2Br)c1. The Labute approximate surface area is 136 Å². The lowest BCUT2D eigenvalue weighted by Gasteiger charge is -2.19. The minimum atomic E-state index is -0.0387. The molecule has 2 aromatic rings. The molecule has 0 N–H and O–H groups in total. The summed E-state index contributed by atoms with van der Waals surface area (Å²) in [6.45, 7) is 4.06. The third-order valence-corrected chi connectivity index (χ3v) is 4.24. The maximum atomic E-state index is 12.6. The van der Waals surface area contributed by atoms with Gasteiger partial charge in [-0.2, -0.15) is 0 Å². The van der Waals surface area contributed by atoms with E-state index in [0.717, 1.165) is 25.8 Å². The molecule has 0 saturated carbocycles. The molecule has 0 bridgehead atoms. The molecule has 0 unspecified atom stereocenters. The maximum Gasteiger partial charge on any atom is 0.259 e. The summed E-state index contributed by atoms with van der Waals surface area (Å²) < 4.78 is 1.68. The summed E-state index contributed by atoms with van der Waals surface area (Å²) in [5, 5.41) is 0. The van der Waals surface area contributed by atoms with Gasteiger partial charge in [-0.25, -0.2) is 0 Å². The fraction of sp³-hybridized carbons (Fsp3) is 0.188. The molecule has 0 heterocycles. The van der Waals surface area contributed by atoms with Gasteiger partial charge in [0.05, 0.1) is 5.56 Å². The molecule has 0 aliphatic carbocycles. The van der Waals surface area contributed by atoms with E-state index in [4.69, 9.17) is 0 Å². The van der Waals surface area contributed by atoms with Crippen LogP contribution in [0.15, 0.2) is 45.3 Å². The Morgan fingerprint density at radius 2 is 1.60 bits per heavy atom. The summed E-state index contributed by atoms with van der Waals surface area (Å²) in [6, 6.07) is 11.7. The van der Waals surface area contributed by atoms with E-state index in [0.29, 0.717) is 5.56 Å². The Bertz CT molecular complexity index is 647. The minimum Gasteiger partial charge on any atom is -0.311 e. The maximum absolute atomic E-state index is 12.6. The van der Waals surface area contributed by atoms with Crippen LogP contribution in [0.1, 0.15) is 21.5 Å². The Balaban J connectivity index is 2.39. The standard InChI is InChI=1S/C16H15Br2NO/c1-10-6-11(2)8-13(7-10)19(3)16(20)14-9-12(17)4-5-15(14)18/h4-9H,1-3H3. The molecule has 1 amide bonds. The lowest BCUT2D eigenvalue weighted by atomic mass is 10.1. The van der Waals surface area contributed by atoms with E-state index < -0.39 is 0 Å². The van der Waals surface area contributed by atoms with Crippen LogP contribution >= 0.6 is 31.9 Å². The quantitative estimate of drug-likeness (QED) is 0.690. The molecule has 4 heteroatoms. The van der Waals surface area contributed by atoms with E-state index >= 15 is 0 Å². The Morgan fingerprint density at radius 1 is 1.00 bits per heavy atom. The number of hydrogen-bond donors (Lipinski definition) is 0. The molecule has 0 fully saturated rings. The average Bonchev–Trinajstić information content (AvgIpc) is 2.38. The van der Waals surface area contributed by atoms with Crippen LogP contribution < -0.4 is 4.90 Å². The lowest BCUT2D eigenvalue weighted by Crippen LogP contribution is -2.26. The number of halogens is 2. The van der Waals surface area contributed by atoms with Crippen LogP contribution in [0.4, 0.5) is 5.69 Å². The first-order valence-electron chi connectivity index (χ1n) is 6.20. The van der Waals surface area contributed by atoms with Crippen LogP contribution in [0.2, 0.25) is 0 Å². The fourth-order valence-corrected chi connectivity index (χ4v) is 2.88. The van der Waals surface area contributed by atoms with Gasteiger partial charge in [-0.05, 0) is 71.2 Å². The Morgan fingerprint density at radius 3 is 2.20 bits per heavy atom. The second-order valence-corrected chi connectivity index (χ2v) is 6.60. The zero-order chi connectivity index (χ0) is 14.9. The first-order chi connectivity index (χ1) is 9.38. The number of carbonyl (C=O) groups is 1. The van der Waals surface area contributed by atoms with Crippen molar-refractivity contribution in [3.05, 3.63) is 62.0 Å². The summed E-state index contributed by atoms with van der Waals surface area (Å²) >= 11 is 6.83. The van der Waals surface area contributed by atoms with Crippen LogP contribution in [-0.4, -0.2) is 13.0 Å². The Kier molecular flexibility index (Phi) is 4.66. The normalized spacial score (nSPS) is 10.4. The first kappa shape index (κ1) is 15.3. The number of carbonyl (C=O) groups excluding carboxylic acids is 1. The number of aryl methyl sites for hydroxylation is 2. The molecule has 2 aromatic carbocycles. The van der Waals surface area contributed by atoms with Crippen molar-refractivity contribution in [1.82, 2.24) is 0 Å². The number of hydrogen-bond acceptors (Lipinski definition) is 1. The van der Waals surface area contributed by atoms with E-state index in [1.54, 1.807) is 11.9 Å². The topological polar surface area (TPSA) is 20.3 Å². The van der Waals surface area contributed by atoms with Crippen molar-refractivity contribution in [1.29, 1.82) is 0 Å². The van der Waals surface area contributed by atoms with Crippen molar-refractivity contribution in [2.24, 2.45) is 0 Å². The zero-order valence-corrected chi connectivity index (χ0v) is 14.7. The van der Waals surface area contributed by atoms with E-state index in [-0.39, 0.29) is 5.91 Å². The highest BCUT2D eigenvalue weighted by atomic mass is 79.9. The van der Waals surface area contributed by atoms with E-state index in [1.165, 1.54) is 0 Å². The molecule has 2 nitrogen and oxygen atoms in total. The van der Waals surface area contributed by atoms with Crippen LogP contribution in [-0.2, 0) is 0 Å². The van der Waals surface area contributed by atoms with E-state index in [2.05, 4.69) is 37.9 Å². The predicted molar refractivity (Wildman–Crippen MR) is 90.5 cm³/mol. The van der Waals surface area contributed by atoms with Gasteiger partial charge < -0.3 is 4.90 Å². The van der Waals surface area contributed by atoms with Crippen molar-refractivity contribution in [2.45, 2.75) is 13.8 Å². The van der Waals surface area contributed by atoms with Crippen molar-refractivity contribution in [2.75, 3.05) is 11.9 Å². The molecule has 2 rings (SSSR count). The summed E-state index contributed by atoms with van der Waals surface area (Å²) in [7, 11) is 1.80. The number of nitrogens with zero attached hydrogens (tertiary/aromatic N) is 1. The fourth-order valence-electron chi connectivity index (χ4n) is 2.10. The van der Waals surface area contributed by atoms with E-state index in [9.17, 15) is 4.79 Å². The molecule has 0 aromatic heterocycles. The van der Waals surface area contributed by atoms with Gasteiger partial charge in [0.15, 0.2) is 0 Å². The highest BCUT2D eigenvalue weighted by Crippen LogP contribution is 2.25.